The minimum absolute atomic E-state index is 0.180. The van der Waals surface area contributed by atoms with Crippen LogP contribution in [0.25, 0.3) is 0 Å². The molecule has 0 atom stereocenters. The minimum Gasteiger partial charge on any atom is -0.160 e. The number of hydrogen-bond acceptors (Lipinski definition) is 1. The highest BCUT2D eigenvalue weighted by Gasteiger charge is 2.32. The van der Waals surface area contributed by atoms with Gasteiger partial charge in [-0.05, 0) is 24.6 Å². The molecule has 1 aliphatic rings. The van der Waals surface area contributed by atoms with Gasteiger partial charge in [-0.2, -0.15) is 13.2 Å². The Kier molecular flexibility index (Phi) is 4.42. The van der Waals surface area contributed by atoms with E-state index in [9.17, 15) is 13.2 Å². The summed E-state index contributed by atoms with van der Waals surface area (Å²) in [5.74, 6) is 0. The molecule has 0 aromatic carbocycles. The van der Waals surface area contributed by atoms with Crippen LogP contribution in [0.5, 0.6) is 0 Å². The molecular formula is C9H15F3S. The molecule has 1 saturated carbocycles. The molecule has 0 amide bonds. The van der Waals surface area contributed by atoms with Crippen molar-refractivity contribution in [2.45, 2.75) is 55.7 Å². The summed E-state index contributed by atoms with van der Waals surface area (Å²) in [6.45, 7) is 0. The van der Waals surface area contributed by atoms with Crippen molar-refractivity contribution in [1.29, 1.82) is 0 Å². The smallest absolute Gasteiger partial charge is 0.160 e. The highest BCUT2D eigenvalue weighted by atomic mass is 32.2. The molecule has 0 aromatic rings. The summed E-state index contributed by atoms with van der Waals surface area (Å²) < 4.78 is 36.1. The predicted octanol–water partition coefficient (Wildman–Crippen LogP) is 4.35. The Morgan fingerprint density at radius 2 is 1.31 bits per heavy atom. The molecule has 1 fully saturated rings. The summed E-state index contributed by atoms with van der Waals surface area (Å²) >= 11 is 0.200. The zero-order valence-corrected chi connectivity index (χ0v) is 8.39. The first kappa shape index (κ1) is 11.2. The predicted molar refractivity (Wildman–Crippen MR) is 49.8 cm³/mol. The van der Waals surface area contributed by atoms with Crippen LogP contribution >= 0.6 is 11.8 Å². The molecule has 0 spiro atoms. The molecule has 0 bridgehead atoms. The lowest BCUT2D eigenvalue weighted by molar-refractivity contribution is -0.0335. The van der Waals surface area contributed by atoms with Crippen molar-refractivity contribution >= 4 is 11.8 Å². The van der Waals surface area contributed by atoms with E-state index in [1.54, 1.807) is 0 Å². The summed E-state index contributed by atoms with van der Waals surface area (Å²) in [5, 5.41) is -0.180. The molecule has 4 heteroatoms. The van der Waals surface area contributed by atoms with E-state index in [1.165, 1.54) is 6.42 Å². The number of halogens is 3. The molecule has 0 nitrogen and oxygen atoms in total. The van der Waals surface area contributed by atoms with Crippen LogP contribution in [0.15, 0.2) is 0 Å². The highest BCUT2D eigenvalue weighted by Crippen LogP contribution is 2.38. The molecule has 13 heavy (non-hydrogen) atoms. The van der Waals surface area contributed by atoms with E-state index < -0.39 is 5.51 Å². The Balaban J connectivity index is 2.29. The topological polar surface area (TPSA) is 0 Å². The summed E-state index contributed by atoms with van der Waals surface area (Å²) in [7, 11) is 0. The second-order valence-corrected chi connectivity index (χ2v) is 4.90. The number of hydrogen-bond donors (Lipinski definition) is 0. The Labute approximate surface area is 81.3 Å². The fraction of sp³-hybridized carbons (Fsp3) is 1.00. The third-order valence-electron chi connectivity index (χ3n) is 2.35. The van der Waals surface area contributed by atoms with Gasteiger partial charge in [-0.1, -0.05) is 32.1 Å². The van der Waals surface area contributed by atoms with Gasteiger partial charge in [0, 0.05) is 5.25 Å². The normalized spacial score (nSPS) is 22.4. The fourth-order valence-corrected chi connectivity index (χ4v) is 2.67. The fourth-order valence-electron chi connectivity index (χ4n) is 1.73. The Morgan fingerprint density at radius 3 is 1.77 bits per heavy atom. The van der Waals surface area contributed by atoms with Crippen LogP contribution in [-0.4, -0.2) is 10.8 Å². The van der Waals surface area contributed by atoms with Crippen molar-refractivity contribution in [3.05, 3.63) is 0 Å². The number of thioether (sulfide) groups is 1. The van der Waals surface area contributed by atoms with Crippen molar-refractivity contribution in [1.82, 2.24) is 0 Å². The summed E-state index contributed by atoms with van der Waals surface area (Å²) in [4.78, 5) is 0. The third kappa shape index (κ3) is 5.45. The van der Waals surface area contributed by atoms with Crippen molar-refractivity contribution in [3.63, 3.8) is 0 Å². The second kappa shape index (κ2) is 5.13. The van der Waals surface area contributed by atoms with Gasteiger partial charge in [-0.15, -0.1) is 0 Å². The second-order valence-electron chi connectivity index (χ2n) is 3.53. The first-order chi connectivity index (χ1) is 6.08. The van der Waals surface area contributed by atoms with Gasteiger partial charge in [0.05, 0.1) is 0 Å². The van der Waals surface area contributed by atoms with Crippen molar-refractivity contribution < 1.29 is 13.2 Å². The van der Waals surface area contributed by atoms with E-state index in [-0.39, 0.29) is 17.0 Å². The van der Waals surface area contributed by atoms with E-state index in [0.717, 1.165) is 38.5 Å². The molecular weight excluding hydrogens is 197 g/mol. The minimum atomic E-state index is -4.04. The van der Waals surface area contributed by atoms with Gasteiger partial charge in [0.15, 0.2) is 0 Å². The van der Waals surface area contributed by atoms with Crippen molar-refractivity contribution in [2.75, 3.05) is 0 Å². The SMILES string of the molecule is FC(F)(F)SC1CCCCCCC1. The Bertz CT molecular complexity index is 136. The zero-order chi connectivity index (χ0) is 9.73. The quantitative estimate of drug-likeness (QED) is 0.622. The van der Waals surface area contributed by atoms with Crippen molar-refractivity contribution in [3.8, 4) is 0 Å². The first-order valence-corrected chi connectivity index (χ1v) is 5.70. The maximum absolute atomic E-state index is 12.0. The standard InChI is InChI=1S/C9H15F3S/c10-9(11,12)13-8-6-4-2-1-3-5-7-8/h8H,1-7H2. The van der Waals surface area contributed by atoms with Crippen LogP contribution in [0.3, 0.4) is 0 Å². The molecule has 1 aliphatic carbocycles. The molecule has 0 heterocycles. The van der Waals surface area contributed by atoms with E-state index in [0.29, 0.717) is 0 Å². The lowest BCUT2D eigenvalue weighted by Gasteiger charge is -2.19. The average Bonchev–Trinajstić information content (AvgIpc) is 1.92. The Hall–Kier alpha value is 0.140. The van der Waals surface area contributed by atoms with Gasteiger partial charge in [-0.25, -0.2) is 0 Å². The van der Waals surface area contributed by atoms with Crippen LogP contribution in [0, 0.1) is 0 Å². The molecule has 0 unspecified atom stereocenters. The van der Waals surface area contributed by atoms with Gasteiger partial charge in [-0.3, -0.25) is 0 Å². The lowest BCUT2D eigenvalue weighted by atomic mass is 10.0. The summed E-state index contributed by atoms with van der Waals surface area (Å²) in [6.07, 6.45) is 6.82. The van der Waals surface area contributed by atoms with Gasteiger partial charge < -0.3 is 0 Å². The van der Waals surface area contributed by atoms with E-state index in [4.69, 9.17) is 0 Å². The van der Waals surface area contributed by atoms with Crippen LogP contribution in [0.4, 0.5) is 13.2 Å². The molecule has 1 rings (SSSR count). The lowest BCUT2D eigenvalue weighted by Crippen LogP contribution is -2.13. The van der Waals surface area contributed by atoms with Gasteiger partial charge in [0.25, 0.3) is 0 Å². The highest BCUT2D eigenvalue weighted by molar-refractivity contribution is 8.00. The zero-order valence-electron chi connectivity index (χ0n) is 7.57. The van der Waals surface area contributed by atoms with Gasteiger partial charge >= 0.3 is 5.51 Å². The molecule has 0 radical (unpaired) electrons. The maximum Gasteiger partial charge on any atom is 0.442 e. The summed E-state index contributed by atoms with van der Waals surface area (Å²) in [6, 6.07) is 0. The molecule has 0 aliphatic heterocycles. The van der Waals surface area contributed by atoms with Crippen molar-refractivity contribution in [2.24, 2.45) is 0 Å². The Morgan fingerprint density at radius 1 is 0.846 bits per heavy atom. The summed E-state index contributed by atoms with van der Waals surface area (Å²) in [5.41, 5.74) is -4.04. The van der Waals surface area contributed by atoms with E-state index in [2.05, 4.69) is 0 Å². The van der Waals surface area contributed by atoms with Crippen LogP contribution in [0.2, 0.25) is 0 Å². The van der Waals surface area contributed by atoms with Crippen LogP contribution in [0.1, 0.15) is 44.9 Å². The average molecular weight is 212 g/mol. The van der Waals surface area contributed by atoms with Crippen LogP contribution in [-0.2, 0) is 0 Å². The molecule has 0 N–H and O–H groups in total. The first-order valence-electron chi connectivity index (χ1n) is 4.82. The maximum atomic E-state index is 12.0. The molecule has 0 saturated heterocycles. The molecule has 0 aromatic heterocycles. The number of rotatable bonds is 1. The van der Waals surface area contributed by atoms with E-state index >= 15 is 0 Å². The van der Waals surface area contributed by atoms with E-state index in [1.807, 2.05) is 0 Å². The molecule has 78 valence electrons. The monoisotopic (exact) mass is 212 g/mol. The third-order valence-corrected chi connectivity index (χ3v) is 3.42. The van der Waals surface area contributed by atoms with Gasteiger partial charge in [0.2, 0.25) is 0 Å². The van der Waals surface area contributed by atoms with Crippen LogP contribution < -0.4 is 0 Å². The largest absolute Gasteiger partial charge is 0.442 e. The van der Waals surface area contributed by atoms with Gasteiger partial charge in [0.1, 0.15) is 0 Å². The number of alkyl halides is 3.